The van der Waals surface area contributed by atoms with Gasteiger partial charge in [0.25, 0.3) is 5.91 Å². The Morgan fingerprint density at radius 1 is 0.547 bits per heavy atom. The van der Waals surface area contributed by atoms with Crippen molar-refractivity contribution in [1.82, 2.24) is 56.4 Å². The Bertz CT molecular complexity index is 3270. The Hall–Kier alpha value is -9.58. The number of unbranched alkanes of at least 4 members (excludes halogenated alkanes) is 3. The lowest BCUT2D eigenvalue weighted by Gasteiger charge is -2.32. The fourth-order valence-electron chi connectivity index (χ4n) is 11.2. The van der Waals surface area contributed by atoms with E-state index in [0.717, 1.165) is 10.8 Å². The smallest absolute Gasteiger partial charge is 0.317 e. The number of nitrogens with two attached hydrogens (primary N) is 1. The number of likely N-dealkylation sites (N-methyl/N-ethyl adjacent to an activating group) is 1. The summed E-state index contributed by atoms with van der Waals surface area (Å²) in [4.78, 5) is 154. The van der Waals surface area contributed by atoms with Crippen molar-refractivity contribution in [2.75, 3.05) is 111 Å². The van der Waals surface area contributed by atoms with Gasteiger partial charge in [-0.3, -0.25) is 77.7 Å². The Kier molecular flexibility index (Phi) is 30.2. The van der Waals surface area contributed by atoms with Crippen LogP contribution in [0.2, 0.25) is 0 Å². The van der Waals surface area contributed by atoms with E-state index >= 15 is 0 Å². The van der Waals surface area contributed by atoms with Crippen molar-refractivity contribution in [3.8, 4) is 5.75 Å². The van der Waals surface area contributed by atoms with Gasteiger partial charge in [0, 0.05) is 109 Å². The van der Waals surface area contributed by atoms with Gasteiger partial charge >= 0.3 is 17.9 Å². The number of aromatic hydroxyl groups is 1. The minimum Gasteiger partial charge on any atom is -0.508 e. The third-order valence-corrected chi connectivity index (χ3v) is 16.4. The van der Waals surface area contributed by atoms with Crippen molar-refractivity contribution < 1.29 is 73.2 Å². The number of nitrogens with zero attached hydrogens (tertiary/aromatic N) is 5. The lowest BCUT2D eigenvalue weighted by Crippen LogP contribution is -2.58. The zero-order chi connectivity index (χ0) is 68.8. The summed E-state index contributed by atoms with van der Waals surface area (Å²) in [6.07, 6.45) is 2.95. The SMILES string of the molecule is CN1C(=O)[C@@H](Cc2ccc(O)cc2)NC(=O)CNC(=O)[C@H](Cc2ccc3ccccc3c2)NC(=O)[C@H](CCCCC(=N)N)NC(=O)[C@H]1CCCNC(=O)c1ccc(NC(=O)CCCCCNC(=O)CN2CCN(CC(=O)O)CCN(CC(=O)O)CCN(CC(=O)O)CC2)cc1. The highest BCUT2D eigenvalue weighted by atomic mass is 16.4. The maximum absolute atomic E-state index is 14.7. The van der Waals surface area contributed by atoms with Crippen molar-refractivity contribution >= 4 is 87.5 Å². The molecule has 8 amide bonds. The number of benzene rings is 4. The zero-order valence-corrected chi connectivity index (χ0v) is 53.7. The molecule has 2 fully saturated rings. The number of phenolic OH excluding ortho intramolecular Hbond substituents is 1. The van der Waals surface area contributed by atoms with Gasteiger partial charge < -0.3 is 68.3 Å². The van der Waals surface area contributed by atoms with Crippen molar-refractivity contribution in [3.05, 3.63) is 108 Å². The fraction of sp³-hybridized carbons (Fsp3) is 0.485. The molecule has 2 aliphatic heterocycles. The number of hydrogen-bond acceptors (Lipinski definition) is 17. The summed E-state index contributed by atoms with van der Waals surface area (Å²) in [5.41, 5.74) is 7.59. The average Bonchev–Trinajstić information content (AvgIpc) is 1.60. The van der Waals surface area contributed by atoms with Crippen LogP contribution in [0.1, 0.15) is 85.7 Å². The standard InChI is InChI=1S/C66H90N14O15/c1-76-54(65(94)74-51(12-6-7-14-55(67)68)64(93)75-52(38-45-16-19-46-10-4-5-11-48(46)36-45)63(92)71-39-57(83)73-53(66(76)95)37-44-17-24-50(81)25-18-44)13-9-27-70-62(91)47-20-22-49(23-21-47)72-56(82)15-3-2-8-26-69-58(84)40-77-28-30-78(41-59(85)86)32-34-80(43-61(89)90)35-33-79(31-29-77)42-60(87)88/h4-5,10-11,16-25,36,51-54,81H,2-3,6-9,12-15,26-35,37-43H2,1H3,(H3,67,68)(H,69,84)(H,70,91)(H,71,92)(H,72,82)(H,73,83)(H,74,94)(H,75,93)(H,85,86)(H,87,88)(H,89,90)/t51-,52-,53+,54+/m0/s1. The molecular formula is C66H90N14O15. The Labute approximate surface area is 551 Å². The number of aliphatic carboxylic acids is 3. The predicted molar refractivity (Wildman–Crippen MR) is 352 cm³/mol. The fourth-order valence-corrected chi connectivity index (χ4v) is 11.2. The van der Waals surface area contributed by atoms with Crippen molar-refractivity contribution in [2.45, 2.75) is 101 Å². The summed E-state index contributed by atoms with van der Waals surface area (Å²) in [7, 11) is 1.39. The molecule has 95 heavy (non-hydrogen) atoms. The largest absolute Gasteiger partial charge is 0.508 e. The van der Waals surface area contributed by atoms with E-state index in [1.807, 2.05) is 47.4 Å². The number of carboxylic acids is 3. The van der Waals surface area contributed by atoms with Crippen LogP contribution in [0.4, 0.5) is 5.69 Å². The second-order valence-electron chi connectivity index (χ2n) is 23.9. The molecule has 2 aliphatic rings. The molecular weight excluding hydrogens is 1230 g/mol. The van der Waals surface area contributed by atoms with Gasteiger partial charge in [0.05, 0.1) is 38.6 Å². The molecule has 14 N–H and O–H groups in total. The second kappa shape index (κ2) is 38.6. The molecule has 0 unspecified atom stereocenters. The Morgan fingerprint density at radius 2 is 1.09 bits per heavy atom. The Morgan fingerprint density at radius 3 is 1.69 bits per heavy atom. The number of amides is 8. The van der Waals surface area contributed by atoms with E-state index in [1.165, 1.54) is 36.2 Å². The summed E-state index contributed by atoms with van der Waals surface area (Å²) in [6, 6.07) is 20.4. The molecule has 0 aromatic heterocycles. The van der Waals surface area contributed by atoms with Gasteiger partial charge in [-0.15, -0.1) is 0 Å². The van der Waals surface area contributed by atoms with Gasteiger partial charge in [0.15, 0.2) is 0 Å². The maximum atomic E-state index is 14.7. The van der Waals surface area contributed by atoms with Gasteiger partial charge in [-0.25, -0.2) is 0 Å². The van der Waals surface area contributed by atoms with E-state index in [9.17, 15) is 73.2 Å². The number of carbonyl (C=O) groups excluding carboxylic acids is 8. The summed E-state index contributed by atoms with van der Waals surface area (Å²) in [5.74, 6) is -7.79. The van der Waals surface area contributed by atoms with Crippen LogP contribution in [0, 0.1) is 5.41 Å². The van der Waals surface area contributed by atoms with Gasteiger partial charge in [0.1, 0.15) is 29.9 Å². The van der Waals surface area contributed by atoms with Crippen LogP contribution < -0.4 is 43.0 Å². The second-order valence-corrected chi connectivity index (χ2v) is 23.9. The van der Waals surface area contributed by atoms with Crippen LogP contribution in [0.15, 0.2) is 91.0 Å². The third kappa shape index (κ3) is 26.7. The van der Waals surface area contributed by atoms with Gasteiger partial charge in [-0.2, -0.15) is 0 Å². The number of nitrogens with one attached hydrogen (secondary N) is 8. The lowest BCUT2D eigenvalue weighted by molar-refractivity contribution is -0.142. The lowest BCUT2D eigenvalue weighted by atomic mass is 10.00. The monoisotopic (exact) mass is 1320 g/mol. The highest BCUT2D eigenvalue weighted by Crippen LogP contribution is 2.20. The highest BCUT2D eigenvalue weighted by molar-refractivity contribution is 5.98. The number of rotatable bonds is 29. The van der Waals surface area contributed by atoms with E-state index in [2.05, 4.69) is 37.2 Å². The first-order valence-corrected chi connectivity index (χ1v) is 32.0. The predicted octanol–water partition coefficient (Wildman–Crippen LogP) is 0.539. The maximum Gasteiger partial charge on any atom is 0.317 e. The minimum absolute atomic E-state index is 0.0138. The number of fused-ring (bicyclic) bond motifs is 1. The molecule has 29 heteroatoms. The molecule has 0 bridgehead atoms. The molecule has 0 saturated carbocycles. The van der Waals surface area contributed by atoms with E-state index in [4.69, 9.17) is 11.1 Å². The molecule has 0 aliphatic carbocycles. The first-order valence-electron chi connectivity index (χ1n) is 32.0. The summed E-state index contributed by atoms with van der Waals surface area (Å²) >= 11 is 0. The van der Waals surface area contributed by atoms with Gasteiger partial charge in [0.2, 0.25) is 41.4 Å². The van der Waals surface area contributed by atoms with Crippen molar-refractivity contribution in [1.29, 1.82) is 5.41 Å². The number of phenols is 1. The number of hydrogen-bond donors (Lipinski definition) is 13. The number of carbonyl (C=O) groups is 11. The van der Waals surface area contributed by atoms with Gasteiger partial charge in [-0.05, 0) is 96.8 Å². The van der Waals surface area contributed by atoms with Crippen molar-refractivity contribution in [3.63, 3.8) is 0 Å². The minimum atomic E-state index is -1.28. The van der Waals surface area contributed by atoms with E-state index < -0.39 is 84.1 Å². The van der Waals surface area contributed by atoms with Crippen LogP contribution in [-0.2, 0) is 60.8 Å². The average molecular weight is 1320 g/mol. The number of amidine groups is 1. The van der Waals surface area contributed by atoms with Crippen LogP contribution >= 0.6 is 0 Å². The highest BCUT2D eigenvalue weighted by Gasteiger charge is 2.36. The molecule has 4 atom stereocenters. The third-order valence-electron chi connectivity index (χ3n) is 16.4. The summed E-state index contributed by atoms with van der Waals surface area (Å²) in [5, 5.41) is 67.6. The van der Waals surface area contributed by atoms with Crippen molar-refractivity contribution in [2.24, 2.45) is 5.73 Å². The van der Waals surface area contributed by atoms with E-state index in [0.29, 0.717) is 68.6 Å². The van der Waals surface area contributed by atoms with Gasteiger partial charge in [-0.1, -0.05) is 67.4 Å². The molecule has 4 aromatic rings. The molecule has 2 heterocycles. The number of carboxylic acid groups (broad SMARTS) is 3. The molecule has 29 nitrogen and oxygen atoms in total. The van der Waals surface area contributed by atoms with Crippen LogP contribution in [0.5, 0.6) is 5.75 Å². The molecule has 6 rings (SSSR count). The van der Waals surface area contributed by atoms with Crippen LogP contribution in [0.3, 0.4) is 0 Å². The van der Waals surface area contributed by atoms with Crippen LogP contribution in [0.25, 0.3) is 10.8 Å². The topological polar surface area (TPSA) is 419 Å². The van der Waals surface area contributed by atoms with Crippen LogP contribution in [-0.4, -0.2) is 245 Å². The summed E-state index contributed by atoms with van der Waals surface area (Å²) in [6.45, 7) is 1.09. The quantitative estimate of drug-likeness (QED) is 0.0200. The zero-order valence-electron chi connectivity index (χ0n) is 53.7. The first kappa shape index (κ1) is 74.5. The van der Waals surface area contributed by atoms with E-state index in [-0.39, 0.29) is 146 Å². The molecule has 0 radical (unpaired) electrons. The Balaban J connectivity index is 1.02. The summed E-state index contributed by atoms with van der Waals surface area (Å²) < 4.78 is 0. The molecule has 4 aromatic carbocycles. The normalized spacial score (nSPS) is 18.9. The van der Waals surface area contributed by atoms with E-state index in [1.54, 1.807) is 39.0 Å². The molecule has 0 spiro atoms. The number of anilines is 1. The molecule has 2 saturated heterocycles. The first-order chi connectivity index (χ1) is 45.5. The molecule has 514 valence electrons.